The van der Waals surface area contributed by atoms with Crippen molar-refractivity contribution in [2.45, 2.75) is 24.9 Å². The molecule has 1 nitrogen and oxygen atoms in total. The highest BCUT2D eigenvalue weighted by Crippen LogP contribution is 2.43. The van der Waals surface area contributed by atoms with Gasteiger partial charge in [0.15, 0.2) is 0 Å². The maximum atomic E-state index is 13.0. The fourth-order valence-corrected chi connectivity index (χ4v) is 3.29. The van der Waals surface area contributed by atoms with Crippen LogP contribution in [0.15, 0.2) is 39.4 Å². The van der Waals surface area contributed by atoms with E-state index in [4.69, 9.17) is 40.5 Å². The summed E-state index contributed by atoms with van der Waals surface area (Å²) in [4.78, 5) is 0. The van der Waals surface area contributed by atoms with E-state index in [0.29, 0.717) is 27.1 Å². The molecule has 0 heterocycles. The van der Waals surface area contributed by atoms with Crippen LogP contribution in [0.2, 0.25) is 0 Å². The van der Waals surface area contributed by atoms with E-state index >= 15 is 0 Å². The molecule has 7 heteroatoms. The van der Waals surface area contributed by atoms with E-state index < -0.39 is 11.7 Å². The Kier molecular flexibility index (Phi) is 5.49. The van der Waals surface area contributed by atoms with Crippen LogP contribution in [0.25, 0.3) is 0 Å². The first kappa shape index (κ1) is 17.7. The van der Waals surface area contributed by atoms with Crippen molar-refractivity contribution < 1.29 is 13.2 Å². The molecule has 1 aliphatic carbocycles. The van der Waals surface area contributed by atoms with Crippen molar-refractivity contribution in [2.75, 3.05) is 6.54 Å². The van der Waals surface area contributed by atoms with Crippen LogP contribution in [0.3, 0.4) is 0 Å². The van der Waals surface area contributed by atoms with Gasteiger partial charge in [0.05, 0.1) is 10.6 Å². The Morgan fingerprint density at radius 3 is 2.45 bits per heavy atom. The monoisotopic (exact) mass is 369 g/mol. The molecule has 0 aromatic heterocycles. The van der Waals surface area contributed by atoms with Crippen molar-refractivity contribution in [3.63, 3.8) is 0 Å². The Labute approximate surface area is 141 Å². The molecular formula is C15H13Cl3F3N. The zero-order valence-corrected chi connectivity index (χ0v) is 13.6. The third kappa shape index (κ3) is 3.80. The highest BCUT2D eigenvalue weighted by atomic mass is 35.5. The lowest BCUT2D eigenvalue weighted by Crippen LogP contribution is -2.14. The summed E-state index contributed by atoms with van der Waals surface area (Å²) in [7, 11) is 0. The van der Waals surface area contributed by atoms with Crippen LogP contribution >= 0.6 is 34.8 Å². The van der Waals surface area contributed by atoms with Crippen LogP contribution in [-0.4, -0.2) is 6.54 Å². The van der Waals surface area contributed by atoms with E-state index in [1.807, 2.05) is 0 Å². The Morgan fingerprint density at radius 2 is 1.86 bits per heavy atom. The molecule has 1 aromatic rings. The molecule has 1 unspecified atom stereocenters. The molecule has 1 atom stereocenters. The first-order chi connectivity index (χ1) is 10.2. The molecule has 0 bridgehead atoms. The van der Waals surface area contributed by atoms with Gasteiger partial charge in [0.1, 0.15) is 0 Å². The third-order valence-corrected chi connectivity index (χ3v) is 4.61. The number of alkyl halides is 3. The summed E-state index contributed by atoms with van der Waals surface area (Å²) >= 11 is 18.2. The maximum absolute atomic E-state index is 13.0. The zero-order valence-electron chi connectivity index (χ0n) is 11.4. The summed E-state index contributed by atoms with van der Waals surface area (Å²) in [5.41, 5.74) is 5.54. The van der Waals surface area contributed by atoms with E-state index in [0.717, 1.165) is 6.07 Å². The molecule has 0 fully saturated rings. The SMILES string of the molecule is NCCc1cc(C2CC(Cl)=CC(Cl)=C2Cl)ccc1C(F)(F)F. The van der Waals surface area contributed by atoms with E-state index in [-0.39, 0.29) is 24.4 Å². The Balaban J connectivity index is 2.46. The number of benzene rings is 1. The molecule has 2 rings (SSSR count). The van der Waals surface area contributed by atoms with Gasteiger partial charge in [0.2, 0.25) is 0 Å². The normalized spacial score (nSPS) is 19.4. The topological polar surface area (TPSA) is 26.0 Å². The summed E-state index contributed by atoms with van der Waals surface area (Å²) in [6.07, 6.45) is -2.32. The van der Waals surface area contributed by atoms with Crippen molar-refractivity contribution in [1.29, 1.82) is 0 Å². The van der Waals surface area contributed by atoms with Gasteiger partial charge in [0.25, 0.3) is 0 Å². The smallest absolute Gasteiger partial charge is 0.330 e. The third-order valence-electron chi connectivity index (χ3n) is 3.47. The minimum atomic E-state index is -4.41. The summed E-state index contributed by atoms with van der Waals surface area (Å²) < 4.78 is 39.1. The molecule has 1 aliphatic rings. The van der Waals surface area contributed by atoms with E-state index in [1.54, 1.807) is 6.08 Å². The molecule has 0 aliphatic heterocycles. The summed E-state index contributed by atoms with van der Waals surface area (Å²) in [6, 6.07) is 3.96. The second-order valence-electron chi connectivity index (χ2n) is 5.00. The predicted molar refractivity (Wildman–Crippen MR) is 84.2 cm³/mol. The highest BCUT2D eigenvalue weighted by molar-refractivity contribution is 6.42. The van der Waals surface area contributed by atoms with Crippen molar-refractivity contribution >= 4 is 34.8 Å². The number of hydrogen-bond donors (Lipinski definition) is 1. The molecule has 0 spiro atoms. The van der Waals surface area contributed by atoms with Gasteiger partial charge < -0.3 is 5.73 Å². The van der Waals surface area contributed by atoms with Crippen molar-refractivity contribution in [3.05, 3.63) is 56.1 Å². The molecule has 0 saturated carbocycles. The average molecular weight is 371 g/mol. The van der Waals surface area contributed by atoms with Gasteiger partial charge in [-0.1, -0.05) is 46.9 Å². The van der Waals surface area contributed by atoms with Crippen LogP contribution in [0.1, 0.15) is 29.0 Å². The summed E-state index contributed by atoms with van der Waals surface area (Å²) in [6.45, 7) is 0.127. The average Bonchev–Trinajstić information content (AvgIpc) is 2.42. The lowest BCUT2D eigenvalue weighted by Gasteiger charge is -2.23. The zero-order chi connectivity index (χ0) is 16.5. The number of allylic oxidation sites excluding steroid dienone is 4. The van der Waals surface area contributed by atoms with E-state index in [9.17, 15) is 13.2 Å². The second-order valence-corrected chi connectivity index (χ2v) is 6.30. The Hall–Kier alpha value is -0.680. The predicted octanol–water partition coefficient (Wildman–Crippen LogP) is 5.51. The van der Waals surface area contributed by atoms with Gasteiger partial charge in [-0.05, 0) is 42.7 Å². The lowest BCUT2D eigenvalue weighted by molar-refractivity contribution is -0.138. The molecule has 120 valence electrons. The standard InChI is InChI=1S/C15H13Cl3F3N/c16-10-6-11(14(18)13(17)7-10)8-1-2-12(15(19,20)21)9(5-8)3-4-22/h1-2,5,7,11H,3-4,6,22H2. The largest absolute Gasteiger partial charge is 0.416 e. The van der Waals surface area contributed by atoms with E-state index in [1.165, 1.54) is 12.1 Å². The van der Waals surface area contributed by atoms with Gasteiger partial charge in [-0.2, -0.15) is 13.2 Å². The first-order valence-corrected chi connectivity index (χ1v) is 7.68. The molecule has 2 N–H and O–H groups in total. The van der Waals surface area contributed by atoms with Gasteiger partial charge in [-0.25, -0.2) is 0 Å². The van der Waals surface area contributed by atoms with Crippen molar-refractivity contribution in [1.82, 2.24) is 0 Å². The van der Waals surface area contributed by atoms with Crippen LogP contribution in [0.4, 0.5) is 13.2 Å². The van der Waals surface area contributed by atoms with Gasteiger partial charge >= 0.3 is 6.18 Å². The van der Waals surface area contributed by atoms with Crippen molar-refractivity contribution in [2.24, 2.45) is 5.73 Å². The number of nitrogens with two attached hydrogens (primary N) is 1. The highest BCUT2D eigenvalue weighted by Gasteiger charge is 2.34. The quantitative estimate of drug-likeness (QED) is 0.746. The fourth-order valence-electron chi connectivity index (χ4n) is 2.45. The van der Waals surface area contributed by atoms with Crippen LogP contribution in [0.5, 0.6) is 0 Å². The second kappa shape index (κ2) is 6.83. The molecule has 22 heavy (non-hydrogen) atoms. The van der Waals surface area contributed by atoms with E-state index in [2.05, 4.69) is 0 Å². The Morgan fingerprint density at radius 1 is 1.18 bits per heavy atom. The summed E-state index contributed by atoms with van der Waals surface area (Å²) in [5, 5.41) is 1.20. The van der Waals surface area contributed by atoms with Crippen LogP contribution in [0, 0.1) is 0 Å². The van der Waals surface area contributed by atoms with Crippen LogP contribution in [-0.2, 0) is 12.6 Å². The molecule has 1 aromatic carbocycles. The minimum Gasteiger partial charge on any atom is -0.330 e. The molecule has 0 radical (unpaired) electrons. The molecular weight excluding hydrogens is 358 g/mol. The Bertz CT molecular complexity index is 635. The lowest BCUT2D eigenvalue weighted by atomic mass is 9.89. The molecule has 0 saturated heterocycles. The first-order valence-electron chi connectivity index (χ1n) is 6.55. The summed E-state index contributed by atoms with van der Waals surface area (Å²) in [5.74, 6) is -0.342. The minimum absolute atomic E-state index is 0.127. The van der Waals surface area contributed by atoms with Gasteiger partial charge in [0, 0.05) is 16.0 Å². The van der Waals surface area contributed by atoms with Crippen LogP contribution < -0.4 is 5.73 Å². The fraction of sp³-hybridized carbons (Fsp3) is 0.333. The number of rotatable bonds is 3. The number of halogens is 6. The van der Waals surface area contributed by atoms with Crippen molar-refractivity contribution in [3.8, 4) is 0 Å². The van der Waals surface area contributed by atoms with Gasteiger partial charge in [-0.3, -0.25) is 0 Å². The number of hydrogen-bond acceptors (Lipinski definition) is 1. The maximum Gasteiger partial charge on any atom is 0.416 e. The molecule has 0 amide bonds. The van der Waals surface area contributed by atoms with Gasteiger partial charge in [-0.15, -0.1) is 0 Å².